The minimum atomic E-state index is -0.621. The van der Waals surface area contributed by atoms with E-state index in [-0.39, 0.29) is 36.6 Å². The molecule has 3 aromatic heterocycles. The summed E-state index contributed by atoms with van der Waals surface area (Å²) in [5.74, 6) is -1.24. The number of carbonyl (C=O) groups excluding carboxylic acids is 2. The lowest BCUT2D eigenvalue weighted by molar-refractivity contribution is -0.126. The van der Waals surface area contributed by atoms with Gasteiger partial charge in [-0.2, -0.15) is 0 Å². The number of ketones is 2. The molecule has 0 aliphatic carbocycles. The second-order valence-corrected chi connectivity index (χ2v) is 9.88. The fraction of sp³-hybridized carbons (Fsp3) is 0.172. The number of pyridine rings is 1. The molecule has 0 amide bonds. The summed E-state index contributed by atoms with van der Waals surface area (Å²) in [6, 6.07) is 13.6. The summed E-state index contributed by atoms with van der Waals surface area (Å²) < 4.78 is 36.9. The highest BCUT2D eigenvalue weighted by molar-refractivity contribution is 7.22. The average molecular weight is 532 g/mol. The number of hydrogen-bond donors (Lipinski definition) is 0. The van der Waals surface area contributed by atoms with Crippen LogP contribution in [-0.2, 0) is 29.0 Å². The zero-order chi connectivity index (χ0) is 26.6. The Morgan fingerprint density at radius 2 is 1.74 bits per heavy atom. The summed E-state index contributed by atoms with van der Waals surface area (Å²) >= 11 is 1.46. The van der Waals surface area contributed by atoms with Gasteiger partial charge in [-0.15, -0.1) is 11.3 Å². The maximum Gasteiger partial charge on any atom is 0.166 e. The van der Waals surface area contributed by atoms with Crippen molar-refractivity contribution in [3.63, 3.8) is 0 Å². The lowest BCUT2D eigenvalue weighted by Gasteiger charge is -2.09. The number of aromatic nitrogens is 3. The molecule has 2 aromatic carbocycles. The molecule has 0 N–H and O–H groups in total. The Balaban J connectivity index is 1.25. The van der Waals surface area contributed by atoms with E-state index in [0.717, 1.165) is 27.3 Å². The standard InChI is InChI=1S/C29H23F2N3O3S/c1-2-34-16-25(33-17-34)28-15-24-29(38-28)27(8-9-32-24)37-26-7-6-19(13-23(26)31)12-22(36)14-21(35)11-18-4-3-5-20(30)10-18/h3-10,13,15-17H,2,11-12,14H2,1H3. The number of nitrogens with zero attached hydrogens (tertiary/aromatic N) is 3. The van der Waals surface area contributed by atoms with Crippen molar-refractivity contribution in [1.82, 2.24) is 14.5 Å². The number of rotatable bonds is 10. The van der Waals surface area contributed by atoms with E-state index in [0.29, 0.717) is 16.9 Å². The van der Waals surface area contributed by atoms with E-state index in [1.807, 2.05) is 23.8 Å². The van der Waals surface area contributed by atoms with E-state index in [2.05, 4.69) is 9.97 Å². The minimum absolute atomic E-state index is 0.0149. The third kappa shape index (κ3) is 5.84. The molecule has 0 saturated carbocycles. The molecule has 5 aromatic rings. The molecule has 0 fully saturated rings. The molecule has 5 rings (SSSR count). The van der Waals surface area contributed by atoms with Crippen LogP contribution in [0.15, 0.2) is 73.3 Å². The number of ether oxygens (including phenoxy) is 1. The van der Waals surface area contributed by atoms with E-state index in [4.69, 9.17) is 4.74 Å². The average Bonchev–Trinajstić information content (AvgIpc) is 3.53. The van der Waals surface area contributed by atoms with Crippen LogP contribution >= 0.6 is 11.3 Å². The Labute approximate surface area is 221 Å². The molecular formula is C29H23F2N3O3S. The number of carbonyl (C=O) groups is 2. The first-order valence-electron chi connectivity index (χ1n) is 12.0. The summed E-state index contributed by atoms with van der Waals surface area (Å²) in [5.41, 5.74) is 2.49. The highest BCUT2D eigenvalue weighted by Gasteiger charge is 2.16. The van der Waals surface area contributed by atoms with E-state index in [1.54, 1.807) is 30.7 Å². The number of fused-ring (bicyclic) bond motifs is 1. The zero-order valence-electron chi connectivity index (χ0n) is 20.5. The Hall–Kier alpha value is -4.24. The fourth-order valence-corrected chi connectivity index (χ4v) is 5.11. The maximum absolute atomic E-state index is 14.9. The molecule has 0 atom stereocenters. The van der Waals surface area contributed by atoms with Gasteiger partial charge >= 0.3 is 0 Å². The van der Waals surface area contributed by atoms with Gasteiger partial charge in [-0.05, 0) is 48.4 Å². The van der Waals surface area contributed by atoms with Crippen molar-refractivity contribution in [2.75, 3.05) is 0 Å². The van der Waals surface area contributed by atoms with Crippen molar-refractivity contribution in [1.29, 1.82) is 0 Å². The fourth-order valence-electron chi connectivity index (χ4n) is 4.08. The van der Waals surface area contributed by atoms with E-state index < -0.39 is 11.6 Å². The highest BCUT2D eigenvalue weighted by Crippen LogP contribution is 2.39. The molecule has 0 unspecified atom stereocenters. The number of aryl methyl sites for hydroxylation is 1. The topological polar surface area (TPSA) is 74.1 Å². The van der Waals surface area contributed by atoms with E-state index >= 15 is 0 Å². The van der Waals surface area contributed by atoms with Gasteiger partial charge in [0.05, 0.1) is 33.5 Å². The smallest absolute Gasteiger partial charge is 0.166 e. The maximum atomic E-state index is 14.9. The summed E-state index contributed by atoms with van der Waals surface area (Å²) in [7, 11) is 0. The van der Waals surface area contributed by atoms with Gasteiger partial charge in [-0.25, -0.2) is 13.8 Å². The van der Waals surface area contributed by atoms with Crippen molar-refractivity contribution in [3.05, 3.63) is 96.1 Å². The number of imidazole rings is 1. The molecular weight excluding hydrogens is 508 g/mol. The van der Waals surface area contributed by atoms with Crippen LogP contribution in [0.1, 0.15) is 24.5 Å². The Kier molecular flexibility index (Phi) is 7.37. The van der Waals surface area contributed by atoms with Crippen molar-refractivity contribution in [2.45, 2.75) is 32.7 Å². The molecule has 0 radical (unpaired) electrons. The largest absolute Gasteiger partial charge is 0.453 e. The summed E-state index contributed by atoms with van der Waals surface area (Å²) in [4.78, 5) is 34.4. The highest BCUT2D eigenvalue weighted by atomic mass is 32.1. The monoisotopic (exact) mass is 531 g/mol. The lowest BCUT2D eigenvalue weighted by atomic mass is 10.0. The summed E-state index contributed by atoms with van der Waals surface area (Å²) in [6.45, 7) is 2.85. The molecule has 0 saturated heterocycles. The van der Waals surface area contributed by atoms with Gasteiger partial charge in [0.1, 0.15) is 23.1 Å². The lowest BCUT2D eigenvalue weighted by Crippen LogP contribution is -2.12. The quantitative estimate of drug-likeness (QED) is 0.191. The van der Waals surface area contributed by atoms with Crippen LogP contribution in [0, 0.1) is 11.6 Å². The molecule has 192 valence electrons. The van der Waals surface area contributed by atoms with Crippen LogP contribution in [0.2, 0.25) is 0 Å². The zero-order valence-corrected chi connectivity index (χ0v) is 21.3. The predicted molar refractivity (Wildman–Crippen MR) is 141 cm³/mol. The van der Waals surface area contributed by atoms with Crippen molar-refractivity contribution in [2.24, 2.45) is 0 Å². The molecule has 0 bridgehead atoms. The molecule has 0 spiro atoms. The summed E-state index contributed by atoms with van der Waals surface area (Å²) in [6.07, 6.45) is 4.90. The van der Waals surface area contributed by atoms with Crippen molar-refractivity contribution in [3.8, 4) is 22.1 Å². The van der Waals surface area contributed by atoms with Gasteiger partial charge in [-0.1, -0.05) is 18.2 Å². The number of benzene rings is 2. The Morgan fingerprint density at radius 1 is 0.947 bits per heavy atom. The van der Waals surface area contributed by atoms with Gasteiger partial charge in [0.2, 0.25) is 0 Å². The van der Waals surface area contributed by atoms with Crippen LogP contribution in [0.5, 0.6) is 11.5 Å². The van der Waals surface area contributed by atoms with Crippen LogP contribution in [0.3, 0.4) is 0 Å². The SMILES string of the molecule is CCn1cnc(-c2cc3nccc(Oc4ccc(CC(=O)CC(=O)Cc5cccc(F)c5)cc4F)c3s2)c1. The van der Waals surface area contributed by atoms with Crippen LogP contribution < -0.4 is 4.74 Å². The van der Waals surface area contributed by atoms with Gasteiger partial charge in [0.15, 0.2) is 11.6 Å². The van der Waals surface area contributed by atoms with Gasteiger partial charge in [0, 0.05) is 37.8 Å². The first kappa shape index (κ1) is 25.4. The Morgan fingerprint density at radius 3 is 2.45 bits per heavy atom. The minimum Gasteiger partial charge on any atom is -0.453 e. The second kappa shape index (κ2) is 11.0. The number of Topliss-reactive ketones (excluding diaryl/α,β-unsaturated/α-hetero) is 2. The molecule has 6 nitrogen and oxygen atoms in total. The number of hydrogen-bond acceptors (Lipinski definition) is 6. The molecule has 9 heteroatoms. The van der Waals surface area contributed by atoms with E-state index in [9.17, 15) is 18.4 Å². The van der Waals surface area contributed by atoms with Crippen molar-refractivity contribution >= 4 is 33.1 Å². The first-order valence-corrected chi connectivity index (χ1v) is 12.8. The van der Waals surface area contributed by atoms with Gasteiger partial charge < -0.3 is 9.30 Å². The number of halogens is 2. The molecule has 3 heterocycles. The molecule has 38 heavy (non-hydrogen) atoms. The van der Waals surface area contributed by atoms with Crippen LogP contribution in [0.25, 0.3) is 20.8 Å². The normalized spacial score (nSPS) is 11.1. The number of thiophene rings is 1. The third-order valence-corrected chi connectivity index (χ3v) is 7.09. The van der Waals surface area contributed by atoms with Crippen molar-refractivity contribution < 1.29 is 23.1 Å². The van der Waals surface area contributed by atoms with Crippen LogP contribution in [0.4, 0.5) is 8.78 Å². The predicted octanol–water partition coefficient (Wildman–Crippen LogP) is 6.56. The summed E-state index contributed by atoms with van der Waals surface area (Å²) in [5, 5.41) is 0. The third-order valence-electron chi connectivity index (χ3n) is 5.93. The molecule has 0 aliphatic rings. The molecule has 0 aliphatic heterocycles. The van der Waals surface area contributed by atoms with E-state index in [1.165, 1.54) is 41.7 Å². The van der Waals surface area contributed by atoms with Gasteiger partial charge in [0.25, 0.3) is 0 Å². The second-order valence-electron chi connectivity index (χ2n) is 8.83. The van der Waals surface area contributed by atoms with Gasteiger partial charge in [-0.3, -0.25) is 14.6 Å². The Bertz CT molecular complexity index is 1640. The van der Waals surface area contributed by atoms with Crippen LogP contribution in [-0.4, -0.2) is 26.1 Å². The first-order chi connectivity index (χ1) is 18.4.